The zero-order valence-corrected chi connectivity index (χ0v) is 6.24. The summed E-state index contributed by atoms with van der Waals surface area (Å²) in [5.41, 5.74) is 3.90. The second-order valence-corrected chi connectivity index (χ2v) is 1.53. The Morgan fingerprint density at radius 2 is 2.17 bits per heavy atom. The first-order chi connectivity index (χ1) is 5.63. The number of carbonyl (C=O) groups is 2. The Morgan fingerprint density at radius 3 is 2.50 bits per heavy atom. The van der Waals surface area contributed by atoms with Crippen LogP contribution in [0.5, 0.6) is 0 Å². The van der Waals surface area contributed by atoms with Crippen molar-refractivity contribution >= 4 is 17.6 Å². The molecule has 68 valence electrons. The number of nitrogens with zero attached hydrogens (tertiary/aromatic N) is 1. The predicted octanol–water partition coefficient (Wildman–Crippen LogP) is -1.06. The minimum atomic E-state index is -1.26. The number of halogens is 1. The Balaban J connectivity index is 4.43. The molecule has 0 aliphatic heterocycles. The average molecular weight is 178 g/mol. The summed E-state index contributed by atoms with van der Waals surface area (Å²) in [6.45, 7) is -1.26. The number of amides is 1. The monoisotopic (exact) mass is 178 g/mol. The number of carbonyl (C=O) groups excluding carboxylic acids is 2. The predicted molar refractivity (Wildman–Crippen MR) is 35.7 cm³/mol. The lowest BCUT2D eigenvalue weighted by molar-refractivity contribution is -0.133. The summed E-state index contributed by atoms with van der Waals surface area (Å²) in [5, 5.41) is 2.81. The van der Waals surface area contributed by atoms with E-state index in [1.165, 1.54) is 0 Å². The van der Waals surface area contributed by atoms with E-state index < -0.39 is 24.4 Å². The van der Waals surface area contributed by atoms with Gasteiger partial charge in [0.1, 0.15) is 0 Å². The number of methoxy groups -OCH3 is 1. The second-order valence-electron chi connectivity index (χ2n) is 1.53. The van der Waals surface area contributed by atoms with Gasteiger partial charge in [-0.25, -0.2) is 9.18 Å². The Morgan fingerprint density at radius 1 is 1.58 bits per heavy atom. The molecule has 6 nitrogen and oxygen atoms in total. The lowest BCUT2D eigenvalue weighted by Crippen LogP contribution is -2.31. The Hall–Kier alpha value is -1.66. The molecule has 0 saturated carbocycles. The van der Waals surface area contributed by atoms with Gasteiger partial charge in [0.2, 0.25) is 0 Å². The largest absolute Gasteiger partial charge is 0.464 e. The Bertz CT molecular complexity index is 215. The molecule has 0 rings (SSSR count). The van der Waals surface area contributed by atoms with Crippen LogP contribution in [0, 0.1) is 0 Å². The average Bonchev–Trinajstić information content (AvgIpc) is 2.04. The number of ether oxygens (including phenoxy) is 1. The second kappa shape index (κ2) is 5.05. The van der Waals surface area contributed by atoms with Gasteiger partial charge in [0.05, 0.1) is 7.11 Å². The van der Waals surface area contributed by atoms with E-state index in [4.69, 9.17) is 0 Å². The zero-order chi connectivity index (χ0) is 9.56. The van der Waals surface area contributed by atoms with Crippen molar-refractivity contribution in [3.8, 4) is 0 Å². The van der Waals surface area contributed by atoms with Crippen LogP contribution in [0.15, 0.2) is 5.16 Å². The molecule has 12 heavy (non-hydrogen) atoms. The number of nitrogens with two attached hydrogens (primary N) is 1. The number of hydrogen-bond donors (Lipinski definition) is 1. The summed E-state index contributed by atoms with van der Waals surface area (Å²) < 4.78 is 15.4. The molecule has 1 amide bonds. The highest BCUT2D eigenvalue weighted by molar-refractivity contribution is 6.63. The maximum absolute atomic E-state index is 11.4. The van der Waals surface area contributed by atoms with Crippen LogP contribution in [0.2, 0.25) is 0 Å². The number of oxime groups is 1. The minimum absolute atomic E-state index is 0.782. The van der Waals surface area contributed by atoms with Crippen LogP contribution in [0.4, 0.5) is 4.39 Å². The summed E-state index contributed by atoms with van der Waals surface area (Å²) >= 11 is 0. The van der Waals surface area contributed by atoms with E-state index in [9.17, 15) is 14.0 Å². The van der Waals surface area contributed by atoms with Gasteiger partial charge in [0, 0.05) is 0 Å². The smallest absolute Gasteiger partial charge is 0.365 e. The van der Waals surface area contributed by atoms with E-state index in [2.05, 4.69) is 20.5 Å². The maximum atomic E-state index is 11.4. The molecule has 0 saturated heterocycles. The third-order valence-corrected chi connectivity index (χ3v) is 0.817. The third-order valence-electron chi connectivity index (χ3n) is 0.817. The number of esters is 1. The van der Waals surface area contributed by atoms with E-state index in [0.717, 1.165) is 7.11 Å². The lowest BCUT2D eigenvalue weighted by Gasteiger charge is -1.97. The highest BCUT2D eigenvalue weighted by Crippen LogP contribution is 1.85. The first kappa shape index (κ1) is 10.3. The standard InChI is InChI=1S/C5H7FN2O4/c1-11-5(10)3(4(7)9)8-12-2-6/h2H2,1H3,(H2,7,9)/b8-3-. The van der Waals surface area contributed by atoms with Crippen molar-refractivity contribution in [1.82, 2.24) is 0 Å². The van der Waals surface area contributed by atoms with Crippen LogP contribution >= 0.6 is 0 Å². The van der Waals surface area contributed by atoms with Crippen LogP contribution in [-0.4, -0.2) is 31.6 Å². The molecule has 0 aromatic heterocycles. The van der Waals surface area contributed by atoms with Gasteiger partial charge in [-0.2, -0.15) is 0 Å². The van der Waals surface area contributed by atoms with E-state index in [1.807, 2.05) is 0 Å². The van der Waals surface area contributed by atoms with E-state index in [-0.39, 0.29) is 0 Å². The minimum Gasteiger partial charge on any atom is -0.464 e. The molecule has 0 unspecified atom stereocenters. The molecule has 0 aliphatic rings. The molecule has 7 heteroatoms. The molecule has 0 spiro atoms. The van der Waals surface area contributed by atoms with Crippen molar-refractivity contribution in [1.29, 1.82) is 0 Å². The maximum Gasteiger partial charge on any atom is 0.365 e. The summed E-state index contributed by atoms with van der Waals surface area (Å²) in [5.74, 6) is -2.22. The molecule has 0 aliphatic carbocycles. The molecule has 2 N–H and O–H groups in total. The van der Waals surface area contributed by atoms with Crippen molar-refractivity contribution in [2.24, 2.45) is 10.9 Å². The number of alkyl halides is 1. The molecule has 0 bridgehead atoms. The molecule has 0 aromatic rings. The van der Waals surface area contributed by atoms with Crippen LogP contribution in [0.1, 0.15) is 0 Å². The van der Waals surface area contributed by atoms with Crippen LogP contribution in [0.3, 0.4) is 0 Å². The van der Waals surface area contributed by atoms with Crippen molar-refractivity contribution in [2.75, 3.05) is 14.0 Å². The zero-order valence-electron chi connectivity index (χ0n) is 6.24. The molecule has 0 heterocycles. The molecule has 0 atom stereocenters. The van der Waals surface area contributed by atoms with Gasteiger partial charge in [-0.1, -0.05) is 5.16 Å². The van der Waals surface area contributed by atoms with Crippen LogP contribution in [-0.2, 0) is 19.2 Å². The van der Waals surface area contributed by atoms with E-state index >= 15 is 0 Å². The number of hydrogen-bond acceptors (Lipinski definition) is 5. The van der Waals surface area contributed by atoms with Gasteiger partial charge in [-0.05, 0) is 0 Å². The fourth-order valence-electron chi connectivity index (χ4n) is 0.368. The first-order valence-electron chi connectivity index (χ1n) is 2.77. The molecule has 0 aromatic carbocycles. The highest BCUT2D eigenvalue weighted by atomic mass is 19.1. The molecular formula is C5H7FN2O4. The Kier molecular flexibility index (Phi) is 4.35. The van der Waals surface area contributed by atoms with Gasteiger partial charge in [0.15, 0.2) is 0 Å². The van der Waals surface area contributed by atoms with Gasteiger partial charge in [-0.3, -0.25) is 4.79 Å². The van der Waals surface area contributed by atoms with Crippen molar-refractivity contribution < 1.29 is 23.6 Å². The van der Waals surface area contributed by atoms with Gasteiger partial charge in [0.25, 0.3) is 18.5 Å². The summed E-state index contributed by atoms with van der Waals surface area (Å²) in [4.78, 5) is 24.8. The summed E-state index contributed by atoms with van der Waals surface area (Å²) in [6, 6.07) is 0. The fraction of sp³-hybridized carbons (Fsp3) is 0.400. The number of primary amides is 1. The quantitative estimate of drug-likeness (QED) is 0.257. The third kappa shape index (κ3) is 2.95. The van der Waals surface area contributed by atoms with Crippen molar-refractivity contribution in [2.45, 2.75) is 0 Å². The lowest BCUT2D eigenvalue weighted by atomic mass is 10.4. The van der Waals surface area contributed by atoms with Gasteiger partial charge >= 0.3 is 5.97 Å². The summed E-state index contributed by atoms with van der Waals surface area (Å²) in [7, 11) is 1.02. The molecular weight excluding hydrogens is 171 g/mol. The SMILES string of the molecule is COC(=O)/C(=N\OCF)C(N)=O. The van der Waals surface area contributed by atoms with E-state index in [1.54, 1.807) is 0 Å². The summed E-state index contributed by atoms with van der Waals surface area (Å²) in [6.07, 6.45) is 0. The van der Waals surface area contributed by atoms with Gasteiger partial charge in [-0.15, -0.1) is 0 Å². The first-order valence-corrected chi connectivity index (χ1v) is 2.77. The topological polar surface area (TPSA) is 91.0 Å². The van der Waals surface area contributed by atoms with Crippen LogP contribution < -0.4 is 5.73 Å². The normalized spacial score (nSPS) is 10.7. The van der Waals surface area contributed by atoms with Gasteiger partial charge < -0.3 is 15.3 Å². The van der Waals surface area contributed by atoms with Crippen molar-refractivity contribution in [3.05, 3.63) is 0 Å². The Labute approximate surface area is 67.1 Å². The van der Waals surface area contributed by atoms with Crippen LogP contribution in [0.25, 0.3) is 0 Å². The van der Waals surface area contributed by atoms with Crippen molar-refractivity contribution in [3.63, 3.8) is 0 Å². The van der Waals surface area contributed by atoms with E-state index in [0.29, 0.717) is 0 Å². The molecule has 0 fully saturated rings. The highest BCUT2D eigenvalue weighted by Gasteiger charge is 2.18. The molecule has 0 radical (unpaired) electrons. The fourth-order valence-corrected chi connectivity index (χ4v) is 0.368. The number of rotatable bonds is 4.